The van der Waals surface area contributed by atoms with Crippen LogP contribution < -0.4 is 4.90 Å². The number of aromatic nitrogens is 1. The highest BCUT2D eigenvalue weighted by Crippen LogP contribution is 2.35. The molecule has 2 unspecified atom stereocenters. The first-order chi connectivity index (χ1) is 9.79. The molecule has 0 N–H and O–H groups in total. The van der Waals surface area contributed by atoms with Crippen LogP contribution in [0.4, 0.5) is 5.69 Å². The van der Waals surface area contributed by atoms with Gasteiger partial charge >= 0.3 is 0 Å². The number of para-hydroxylation sites is 1. The summed E-state index contributed by atoms with van der Waals surface area (Å²) in [5.41, 5.74) is 2.92. The second kappa shape index (κ2) is 5.67. The zero-order valence-corrected chi connectivity index (χ0v) is 12.4. The van der Waals surface area contributed by atoms with Crippen LogP contribution in [0.3, 0.4) is 0 Å². The molecule has 0 spiro atoms. The summed E-state index contributed by atoms with van der Waals surface area (Å²) in [6.45, 7) is 4.39. The summed E-state index contributed by atoms with van der Waals surface area (Å²) in [5.74, 6) is 1.22. The van der Waals surface area contributed by atoms with E-state index < -0.39 is 0 Å². The second-order valence-electron chi connectivity index (χ2n) is 4.91. The fraction of sp³-hybridized carbons (Fsp3) is 0.312. The third-order valence-corrected chi connectivity index (χ3v) is 4.31. The number of hydrogen-bond acceptors (Lipinski definition) is 4. The quantitative estimate of drug-likeness (QED) is 0.843. The zero-order valence-electron chi connectivity index (χ0n) is 11.6. The monoisotopic (exact) mass is 285 g/mol. The molecule has 1 aromatic carbocycles. The van der Waals surface area contributed by atoms with Crippen molar-refractivity contribution in [2.24, 2.45) is 5.92 Å². The van der Waals surface area contributed by atoms with E-state index in [9.17, 15) is 0 Å². The minimum atomic E-state index is -0.000463. The van der Waals surface area contributed by atoms with Crippen LogP contribution in [0.1, 0.15) is 25.1 Å². The van der Waals surface area contributed by atoms with Gasteiger partial charge < -0.3 is 4.74 Å². The topological polar surface area (TPSA) is 25.4 Å². The Morgan fingerprint density at radius 3 is 2.85 bits per heavy atom. The fourth-order valence-corrected chi connectivity index (χ4v) is 2.74. The maximum atomic E-state index is 6.13. The molecule has 1 aromatic heterocycles. The van der Waals surface area contributed by atoms with Crippen LogP contribution in [0.25, 0.3) is 5.76 Å². The van der Waals surface area contributed by atoms with Gasteiger partial charge in [-0.2, -0.15) is 0 Å². The highest BCUT2D eigenvalue weighted by atomic mass is 32.1. The molecule has 2 aromatic rings. The molecule has 3 rings (SSSR count). The van der Waals surface area contributed by atoms with E-state index in [2.05, 4.69) is 42.1 Å². The van der Waals surface area contributed by atoms with Crippen molar-refractivity contribution in [3.05, 3.63) is 53.1 Å². The molecule has 0 fully saturated rings. The molecule has 1 aliphatic heterocycles. The Labute approximate surface area is 123 Å². The van der Waals surface area contributed by atoms with Crippen LogP contribution in [-0.4, -0.2) is 11.2 Å². The number of ether oxygens (including phenoxy) is 1. The molecule has 3 nitrogen and oxygen atoms in total. The van der Waals surface area contributed by atoms with E-state index in [4.69, 9.17) is 4.74 Å². The number of rotatable bonds is 4. The number of anilines is 1. The van der Waals surface area contributed by atoms with Crippen molar-refractivity contribution in [3.63, 3.8) is 0 Å². The predicted octanol–water partition coefficient (Wildman–Crippen LogP) is 4.15. The van der Waals surface area contributed by atoms with E-state index >= 15 is 0 Å². The number of nitrogens with zero attached hydrogens (tertiary/aromatic N) is 2. The van der Waals surface area contributed by atoms with Crippen molar-refractivity contribution < 1.29 is 4.74 Å². The first-order valence-electron chi connectivity index (χ1n) is 6.83. The lowest BCUT2D eigenvalue weighted by molar-refractivity contribution is 0.132. The molecule has 0 saturated carbocycles. The van der Waals surface area contributed by atoms with Crippen molar-refractivity contribution in [2.75, 3.05) is 4.90 Å². The fourth-order valence-electron chi connectivity index (χ4n) is 2.19. The van der Waals surface area contributed by atoms with E-state index in [0.29, 0.717) is 5.92 Å². The Morgan fingerprint density at radius 1 is 1.40 bits per heavy atom. The molecule has 103 valence electrons. The Bertz CT molecular complexity index is 580. The van der Waals surface area contributed by atoms with Gasteiger partial charge in [0.1, 0.15) is 6.20 Å². The SMILES string of the molecule is CCC(C)C1OC(c2cncs2)=[C]N1c1ccccc1. The van der Waals surface area contributed by atoms with Crippen molar-refractivity contribution in [2.45, 2.75) is 26.5 Å². The highest BCUT2D eigenvalue weighted by molar-refractivity contribution is 7.10. The summed E-state index contributed by atoms with van der Waals surface area (Å²) >= 11 is 1.58. The van der Waals surface area contributed by atoms with E-state index in [-0.39, 0.29) is 6.23 Å². The van der Waals surface area contributed by atoms with Crippen molar-refractivity contribution in [3.8, 4) is 0 Å². The molecule has 4 heteroatoms. The summed E-state index contributed by atoms with van der Waals surface area (Å²) in [6, 6.07) is 10.3. The van der Waals surface area contributed by atoms with Crippen molar-refractivity contribution in [1.82, 2.24) is 4.98 Å². The van der Waals surface area contributed by atoms with Gasteiger partial charge in [-0.1, -0.05) is 32.0 Å². The number of hydrogen-bond donors (Lipinski definition) is 0. The van der Waals surface area contributed by atoms with Gasteiger partial charge in [0.05, 0.1) is 10.4 Å². The molecule has 0 aliphatic carbocycles. The molecule has 0 bridgehead atoms. The first kappa shape index (κ1) is 13.2. The van der Waals surface area contributed by atoms with Crippen LogP contribution in [0, 0.1) is 12.1 Å². The number of benzene rings is 1. The van der Waals surface area contributed by atoms with Gasteiger partial charge in [-0.05, 0) is 18.6 Å². The molecular weight excluding hydrogens is 268 g/mol. The third-order valence-electron chi connectivity index (χ3n) is 3.54. The summed E-state index contributed by atoms with van der Waals surface area (Å²) in [4.78, 5) is 7.24. The molecule has 2 atom stereocenters. The van der Waals surface area contributed by atoms with Gasteiger partial charge in [0.2, 0.25) is 0 Å². The number of thiazole rings is 1. The average Bonchev–Trinajstić information content (AvgIpc) is 3.16. The Kier molecular flexibility index (Phi) is 3.74. The molecule has 2 heterocycles. The molecule has 0 amide bonds. The smallest absolute Gasteiger partial charge is 0.179 e. The van der Waals surface area contributed by atoms with Gasteiger partial charge in [0.15, 0.2) is 12.0 Å². The predicted molar refractivity (Wildman–Crippen MR) is 82.0 cm³/mol. The zero-order chi connectivity index (χ0) is 13.9. The van der Waals surface area contributed by atoms with Crippen molar-refractivity contribution in [1.29, 1.82) is 0 Å². The summed E-state index contributed by atoms with van der Waals surface area (Å²) in [6.07, 6.45) is 6.26. The van der Waals surface area contributed by atoms with Gasteiger partial charge in [0.25, 0.3) is 0 Å². The Hall–Kier alpha value is -1.81. The van der Waals surface area contributed by atoms with Crippen LogP contribution in [0.5, 0.6) is 0 Å². The average molecular weight is 285 g/mol. The van der Waals surface area contributed by atoms with Crippen molar-refractivity contribution >= 4 is 22.8 Å². The third kappa shape index (κ3) is 2.43. The minimum Gasteiger partial charge on any atom is -0.466 e. The standard InChI is InChI=1S/C16H17N2OS/c1-3-12(2)16-18(13-7-5-4-6-8-13)10-14(19-16)15-9-17-11-20-15/h4-9,11-12,16H,3H2,1-2H3. The lowest BCUT2D eigenvalue weighted by Gasteiger charge is -2.28. The van der Waals surface area contributed by atoms with Gasteiger partial charge in [-0.3, -0.25) is 9.88 Å². The van der Waals surface area contributed by atoms with Crippen LogP contribution in [-0.2, 0) is 4.74 Å². The maximum absolute atomic E-state index is 6.13. The normalized spacial score (nSPS) is 19.6. The molecule has 1 aliphatic rings. The molecule has 0 saturated heterocycles. The summed E-state index contributed by atoms with van der Waals surface area (Å²) in [5, 5.41) is 0. The van der Waals surface area contributed by atoms with Crippen LogP contribution in [0.15, 0.2) is 42.0 Å². The van der Waals surface area contributed by atoms with Gasteiger partial charge in [-0.15, -0.1) is 11.3 Å². The lowest BCUT2D eigenvalue weighted by Crippen LogP contribution is -2.33. The second-order valence-corrected chi connectivity index (χ2v) is 5.79. The van der Waals surface area contributed by atoms with E-state index in [1.807, 2.05) is 29.9 Å². The first-order valence-corrected chi connectivity index (χ1v) is 7.71. The van der Waals surface area contributed by atoms with Crippen LogP contribution >= 0.6 is 11.3 Å². The van der Waals surface area contributed by atoms with E-state index in [1.54, 1.807) is 11.3 Å². The van der Waals surface area contributed by atoms with Gasteiger partial charge in [0, 0.05) is 17.8 Å². The lowest BCUT2D eigenvalue weighted by atomic mass is 10.1. The molecular formula is C16H17N2OS. The van der Waals surface area contributed by atoms with E-state index in [1.165, 1.54) is 0 Å². The Morgan fingerprint density at radius 2 is 2.20 bits per heavy atom. The summed E-state index contributed by atoms with van der Waals surface area (Å²) in [7, 11) is 0. The molecule has 20 heavy (non-hydrogen) atoms. The van der Waals surface area contributed by atoms with Crippen LogP contribution in [0.2, 0.25) is 0 Å². The molecule has 1 radical (unpaired) electrons. The highest BCUT2D eigenvalue weighted by Gasteiger charge is 2.32. The Balaban J connectivity index is 1.94. The summed E-state index contributed by atoms with van der Waals surface area (Å²) < 4.78 is 6.13. The van der Waals surface area contributed by atoms with E-state index in [0.717, 1.165) is 22.7 Å². The largest absolute Gasteiger partial charge is 0.466 e. The maximum Gasteiger partial charge on any atom is 0.179 e. The van der Waals surface area contributed by atoms with Gasteiger partial charge in [-0.25, -0.2) is 0 Å². The minimum absolute atomic E-state index is 0.000463.